The smallest absolute Gasteiger partial charge is 0.303 e. The van der Waals surface area contributed by atoms with Gasteiger partial charge in [-0.1, -0.05) is 51.5 Å². The Labute approximate surface area is 127 Å². The van der Waals surface area contributed by atoms with Crippen LogP contribution >= 0.6 is 0 Å². The Morgan fingerprint density at radius 3 is 1.85 bits per heavy atom. The topological polar surface area (TPSA) is 26.3 Å². The van der Waals surface area contributed by atoms with Crippen LogP contribution in [-0.4, -0.2) is 11.6 Å². The first-order valence-corrected chi connectivity index (χ1v) is 7.63. The third-order valence-electron chi connectivity index (χ3n) is 2.39. The maximum atomic E-state index is 10.2. The molecule has 0 aromatic carbocycles. The van der Waals surface area contributed by atoms with Crippen LogP contribution in [0.25, 0.3) is 0 Å². The predicted molar refractivity (Wildman–Crippen MR) is 90.9 cm³/mol. The van der Waals surface area contributed by atoms with E-state index in [0.717, 1.165) is 5.92 Å². The number of rotatable bonds is 3. The SMILES string of the molecule is C/C=C\C=C(\C)C(C)CC.CC.CC(=O)OC(C)(C)C. The van der Waals surface area contributed by atoms with E-state index >= 15 is 0 Å². The molecule has 0 aliphatic heterocycles. The minimum Gasteiger partial charge on any atom is -0.460 e. The summed E-state index contributed by atoms with van der Waals surface area (Å²) in [5, 5.41) is 0. The molecule has 0 N–H and O–H groups in total. The van der Waals surface area contributed by atoms with Crippen LogP contribution in [0.2, 0.25) is 0 Å². The highest BCUT2D eigenvalue weighted by Gasteiger charge is 2.11. The lowest BCUT2D eigenvalue weighted by atomic mass is 10.00. The summed E-state index contributed by atoms with van der Waals surface area (Å²) in [7, 11) is 0. The van der Waals surface area contributed by atoms with E-state index in [1.165, 1.54) is 18.9 Å². The zero-order valence-corrected chi connectivity index (χ0v) is 15.3. The van der Waals surface area contributed by atoms with Crippen LogP contribution in [0.4, 0.5) is 0 Å². The zero-order valence-electron chi connectivity index (χ0n) is 15.3. The first kappa shape index (κ1) is 24.0. The van der Waals surface area contributed by atoms with E-state index in [-0.39, 0.29) is 11.6 Å². The number of ether oxygens (including phenoxy) is 1. The molecule has 0 aliphatic rings. The quantitative estimate of drug-likeness (QED) is 0.474. The van der Waals surface area contributed by atoms with Crippen molar-refractivity contribution in [2.24, 2.45) is 5.92 Å². The number of allylic oxidation sites excluding steroid dienone is 4. The van der Waals surface area contributed by atoms with Gasteiger partial charge in [-0.3, -0.25) is 4.79 Å². The highest BCUT2D eigenvalue weighted by atomic mass is 16.6. The lowest BCUT2D eigenvalue weighted by Crippen LogP contribution is -2.21. The molecule has 0 aromatic heterocycles. The first-order chi connectivity index (χ1) is 9.14. The molecule has 0 saturated heterocycles. The number of carbonyl (C=O) groups is 1. The average molecular weight is 284 g/mol. The van der Waals surface area contributed by atoms with Crippen molar-refractivity contribution >= 4 is 5.97 Å². The lowest BCUT2D eigenvalue weighted by molar-refractivity contribution is -0.151. The molecule has 20 heavy (non-hydrogen) atoms. The van der Waals surface area contributed by atoms with E-state index in [2.05, 4.69) is 39.0 Å². The molecule has 0 fully saturated rings. The van der Waals surface area contributed by atoms with Crippen LogP contribution in [0.5, 0.6) is 0 Å². The van der Waals surface area contributed by atoms with Crippen LogP contribution in [0.15, 0.2) is 23.8 Å². The number of esters is 1. The molecule has 0 saturated carbocycles. The van der Waals surface area contributed by atoms with Crippen molar-refractivity contribution in [3.8, 4) is 0 Å². The Balaban J connectivity index is -0.000000262. The summed E-state index contributed by atoms with van der Waals surface area (Å²) < 4.78 is 4.80. The molecule has 0 aromatic rings. The molecule has 1 atom stereocenters. The van der Waals surface area contributed by atoms with Crippen LogP contribution in [0.1, 0.15) is 75.7 Å². The fraction of sp³-hybridized carbons (Fsp3) is 0.722. The first-order valence-electron chi connectivity index (χ1n) is 7.63. The molecule has 120 valence electrons. The third-order valence-corrected chi connectivity index (χ3v) is 2.39. The Morgan fingerprint density at radius 1 is 1.20 bits per heavy atom. The monoisotopic (exact) mass is 284 g/mol. The standard InChI is InChI=1S/C10H18.C6H12O2.C2H6/c1-5-7-8-10(4)9(3)6-2;1-5(7)8-6(2,3)4;1-2/h5,7-9H,6H2,1-4H3;1-4H3;1-2H3/b7-5-,10-8-;;. The van der Waals surface area contributed by atoms with Gasteiger partial charge in [0.1, 0.15) is 5.60 Å². The fourth-order valence-corrected chi connectivity index (χ4v) is 1.17. The summed E-state index contributed by atoms with van der Waals surface area (Å²) in [6.45, 7) is 19.6. The highest BCUT2D eigenvalue weighted by Crippen LogP contribution is 2.12. The highest BCUT2D eigenvalue weighted by molar-refractivity contribution is 5.66. The number of hydrogen-bond donors (Lipinski definition) is 0. The maximum Gasteiger partial charge on any atom is 0.303 e. The van der Waals surface area contributed by atoms with Crippen molar-refractivity contribution in [1.29, 1.82) is 0 Å². The second kappa shape index (κ2) is 14.4. The Kier molecular flexibility index (Phi) is 17.2. The van der Waals surface area contributed by atoms with Gasteiger partial charge in [-0.05, 0) is 47.0 Å². The molecular formula is C18H36O2. The molecule has 0 spiro atoms. The lowest BCUT2D eigenvalue weighted by Gasteiger charge is -2.17. The summed E-state index contributed by atoms with van der Waals surface area (Å²) in [5.41, 5.74) is 1.15. The van der Waals surface area contributed by atoms with Gasteiger partial charge < -0.3 is 4.74 Å². The normalized spacial score (nSPS) is 12.8. The molecule has 2 heteroatoms. The summed E-state index contributed by atoms with van der Waals surface area (Å²) in [6.07, 6.45) is 7.58. The van der Waals surface area contributed by atoms with Crippen molar-refractivity contribution in [3.63, 3.8) is 0 Å². The Bertz CT molecular complexity index is 280. The molecule has 0 amide bonds. The second-order valence-electron chi connectivity index (χ2n) is 5.45. The molecule has 0 aliphatic carbocycles. The average Bonchev–Trinajstić information content (AvgIpc) is 2.35. The largest absolute Gasteiger partial charge is 0.460 e. The predicted octanol–water partition coefficient (Wildman–Crippen LogP) is 5.93. The summed E-state index contributed by atoms with van der Waals surface area (Å²) in [5.74, 6) is 0.508. The van der Waals surface area contributed by atoms with Gasteiger partial charge in [-0.2, -0.15) is 0 Å². The van der Waals surface area contributed by atoms with E-state index in [1.807, 2.05) is 41.5 Å². The summed E-state index contributed by atoms with van der Waals surface area (Å²) >= 11 is 0. The molecule has 1 unspecified atom stereocenters. The van der Waals surface area contributed by atoms with E-state index in [9.17, 15) is 4.79 Å². The van der Waals surface area contributed by atoms with Crippen LogP contribution < -0.4 is 0 Å². The number of hydrogen-bond acceptors (Lipinski definition) is 2. The number of carbonyl (C=O) groups excluding carboxylic acids is 1. The molecule has 0 radical (unpaired) electrons. The third kappa shape index (κ3) is 22.2. The summed E-state index contributed by atoms with van der Waals surface area (Å²) in [6, 6.07) is 0. The fourth-order valence-electron chi connectivity index (χ4n) is 1.17. The second-order valence-corrected chi connectivity index (χ2v) is 5.45. The van der Waals surface area contributed by atoms with Gasteiger partial charge in [0.15, 0.2) is 0 Å². The molecule has 0 heterocycles. The van der Waals surface area contributed by atoms with Crippen molar-refractivity contribution in [1.82, 2.24) is 0 Å². The van der Waals surface area contributed by atoms with Crippen LogP contribution in [0, 0.1) is 5.92 Å². The van der Waals surface area contributed by atoms with Crippen LogP contribution in [-0.2, 0) is 9.53 Å². The van der Waals surface area contributed by atoms with Crippen molar-refractivity contribution in [3.05, 3.63) is 23.8 Å². The van der Waals surface area contributed by atoms with Crippen molar-refractivity contribution in [2.75, 3.05) is 0 Å². The van der Waals surface area contributed by atoms with E-state index < -0.39 is 0 Å². The van der Waals surface area contributed by atoms with Crippen molar-refractivity contribution in [2.45, 2.75) is 81.3 Å². The molecule has 0 bridgehead atoms. The van der Waals surface area contributed by atoms with Gasteiger partial charge in [0.2, 0.25) is 0 Å². The van der Waals surface area contributed by atoms with Gasteiger partial charge in [0.05, 0.1) is 0 Å². The Morgan fingerprint density at radius 2 is 1.65 bits per heavy atom. The Hall–Kier alpha value is -1.05. The van der Waals surface area contributed by atoms with Crippen molar-refractivity contribution < 1.29 is 9.53 Å². The minimum absolute atomic E-state index is 0.225. The minimum atomic E-state index is -0.328. The van der Waals surface area contributed by atoms with E-state index in [4.69, 9.17) is 4.74 Å². The van der Waals surface area contributed by atoms with Gasteiger partial charge in [-0.25, -0.2) is 0 Å². The van der Waals surface area contributed by atoms with E-state index in [1.54, 1.807) is 0 Å². The molecule has 2 nitrogen and oxygen atoms in total. The summed E-state index contributed by atoms with van der Waals surface area (Å²) in [4.78, 5) is 10.2. The zero-order chi connectivity index (χ0) is 16.8. The molecule has 0 rings (SSSR count). The van der Waals surface area contributed by atoms with Gasteiger partial charge in [0, 0.05) is 6.92 Å². The van der Waals surface area contributed by atoms with Crippen LogP contribution in [0.3, 0.4) is 0 Å². The van der Waals surface area contributed by atoms with Gasteiger partial charge in [0.25, 0.3) is 0 Å². The van der Waals surface area contributed by atoms with E-state index in [0.29, 0.717) is 0 Å². The van der Waals surface area contributed by atoms with Gasteiger partial charge >= 0.3 is 5.97 Å². The maximum absolute atomic E-state index is 10.2. The van der Waals surface area contributed by atoms with Gasteiger partial charge in [-0.15, -0.1) is 0 Å². The molecular weight excluding hydrogens is 248 g/mol.